The molecule has 234 valence electrons. The van der Waals surface area contributed by atoms with Crippen molar-refractivity contribution in [2.75, 3.05) is 46.0 Å². The lowest BCUT2D eigenvalue weighted by Gasteiger charge is -2.31. The van der Waals surface area contributed by atoms with Gasteiger partial charge in [0, 0.05) is 48.8 Å². The number of thiophene rings is 1. The van der Waals surface area contributed by atoms with Crippen molar-refractivity contribution in [1.82, 2.24) is 25.7 Å². The van der Waals surface area contributed by atoms with Gasteiger partial charge < -0.3 is 25.0 Å². The number of nitrogens with one attached hydrogen (secondary N) is 2. The Bertz CT molecular complexity index is 1710. The molecule has 2 aliphatic rings. The largest absolute Gasteiger partial charge is 0.490 e. The minimum absolute atomic E-state index is 0.0863. The van der Waals surface area contributed by atoms with Crippen LogP contribution in [-0.2, 0) is 27.3 Å². The van der Waals surface area contributed by atoms with Gasteiger partial charge in [0.1, 0.15) is 29.6 Å². The monoisotopic (exact) mass is 629 g/mol. The Morgan fingerprint density at radius 2 is 2.00 bits per heavy atom. The number of aromatic nitrogens is 2. The molecular formula is C34H36FN5O4S. The minimum Gasteiger partial charge on any atom is -0.490 e. The standard InChI is InChI=1S/C34H36FN5O4S/c1-2-30(41)40-13-3-4-25(21-40)34(42)37-12-14-43-15-16-44-29-19-26(35)7-8-27(29)32-33-28(10-17-45-33)31(38-39-32)23-5-6-24-20-36-11-9-22(24)18-23/h2,5-8,10,17-19,25,36H,1,3-4,9,11-16,20-21H2,(H,37,42). The number of hydrogen-bond donors (Lipinski definition) is 2. The topological polar surface area (TPSA) is 106 Å². The van der Waals surface area contributed by atoms with E-state index in [-0.39, 0.29) is 30.9 Å². The SMILES string of the molecule is C=CC(=O)N1CCCC(C(=O)NCCOCCOc2cc(F)ccc2-c2nnc(-c3ccc4c(c3)CCNC4)c3ccsc23)C1. The van der Waals surface area contributed by atoms with Crippen LogP contribution in [0.4, 0.5) is 4.39 Å². The maximum absolute atomic E-state index is 14.3. The molecule has 2 aromatic carbocycles. The lowest BCUT2D eigenvalue weighted by atomic mass is 9.96. The van der Waals surface area contributed by atoms with Crippen LogP contribution in [0.5, 0.6) is 5.75 Å². The molecule has 6 rings (SSSR count). The van der Waals surface area contributed by atoms with E-state index < -0.39 is 5.82 Å². The van der Waals surface area contributed by atoms with Gasteiger partial charge in [-0.3, -0.25) is 9.59 Å². The maximum atomic E-state index is 14.3. The van der Waals surface area contributed by atoms with Gasteiger partial charge in [0.05, 0.1) is 23.8 Å². The second-order valence-corrected chi connectivity index (χ2v) is 12.1. The Morgan fingerprint density at radius 1 is 1.11 bits per heavy atom. The first-order valence-electron chi connectivity index (χ1n) is 15.3. The van der Waals surface area contributed by atoms with Crippen LogP contribution in [0.2, 0.25) is 0 Å². The Morgan fingerprint density at radius 3 is 2.89 bits per heavy atom. The molecule has 2 amide bonds. The van der Waals surface area contributed by atoms with Gasteiger partial charge >= 0.3 is 0 Å². The van der Waals surface area contributed by atoms with Crippen molar-refractivity contribution >= 4 is 33.2 Å². The van der Waals surface area contributed by atoms with E-state index in [1.165, 1.54) is 29.3 Å². The summed E-state index contributed by atoms with van der Waals surface area (Å²) in [5.41, 5.74) is 5.80. The highest BCUT2D eigenvalue weighted by atomic mass is 32.1. The predicted octanol–water partition coefficient (Wildman–Crippen LogP) is 4.75. The number of amides is 2. The molecule has 0 radical (unpaired) electrons. The van der Waals surface area contributed by atoms with Gasteiger partial charge in [0.15, 0.2) is 0 Å². The van der Waals surface area contributed by atoms with Gasteiger partial charge in [-0.15, -0.1) is 21.5 Å². The third-order valence-corrected chi connectivity index (χ3v) is 9.18. The summed E-state index contributed by atoms with van der Waals surface area (Å²) in [7, 11) is 0. The summed E-state index contributed by atoms with van der Waals surface area (Å²) in [5.74, 6) is -0.522. The fraction of sp³-hybridized carbons (Fsp3) is 0.353. The number of nitrogens with zero attached hydrogens (tertiary/aromatic N) is 3. The lowest BCUT2D eigenvalue weighted by Crippen LogP contribution is -2.45. The number of carbonyl (C=O) groups excluding carboxylic acids is 2. The van der Waals surface area contributed by atoms with Crippen molar-refractivity contribution in [3.63, 3.8) is 0 Å². The normalized spacial score (nSPS) is 16.3. The fourth-order valence-corrected chi connectivity index (χ4v) is 6.82. The minimum atomic E-state index is -0.413. The van der Waals surface area contributed by atoms with Crippen molar-refractivity contribution in [3.05, 3.63) is 77.4 Å². The molecule has 0 aliphatic carbocycles. The highest BCUT2D eigenvalue weighted by molar-refractivity contribution is 7.17. The molecule has 2 aliphatic heterocycles. The summed E-state index contributed by atoms with van der Waals surface area (Å²) in [6.45, 7) is 7.50. The molecular weight excluding hydrogens is 593 g/mol. The number of fused-ring (bicyclic) bond motifs is 2. The number of hydrogen-bond acceptors (Lipinski definition) is 8. The molecule has 2 N–H and O–H groups in total. The summed E-state index contributed by atoms with van der Waals surface area (Å²) < 4.78 is 26.9. The van der Waals surface area contributed by atoms with Crippen LogP contribution in [-0.4, -0.2) is 72.9 Å². The maximum Gasteiger partial charge on any atom is 0.245 e. The third-order valence-electron chi connectivity index (χ3n) is 8.26. The van der Waals surface area contributed by atoms with Crippen molar-refractivity contribution in [1.29, 1.82) is 0 Å². The first kappa shape index (κ1) is 30.8. The molecule has 4 aromatic rings. The molecule has 9 nitrogen and oxygen atoms in total. The molecule has 1 unspecified atom stereocenters. The van der Waals surface area contributed by atoms with Crippen molar-refractivity contribution in [2.45, 2.75) is 25.8 Å². The van der Waals surface area contributed by atoms with Gasteiger partial charge in [0.25, 0.3) is 0 Å². The average molecular weight is 630 g/mol. The van der Waals surface area contributed by atoms with E-state index in [2.05, 4.69) is 51.7 Å². The fourth-order valence-electron chi connectivity index (χ4n) is 5.93. The van der Waals surface area contributed by atoms with Crippen LogP contribution in [0.1, 0.15) is 24.0 Å². The zero-order valence-electron chi connectivity index (χ0n) is 25.0. The van der Waals surface area contributed by atoms with Gasteiger partial charge in [-0.05, 0) is 72.7 Å². The number of benzene rings is 2. The highest BCUT2D eigenvalue weighted by Gasteiger charge is 2.27. The number of carbonyl (C=O) groups is 2. The Kier molecular flexibility index (Phi) is 9.78. The Balaban J connectivity index is 1.06. The Hall–Kier alpha value is -4.19. The Labute approximate surface area is 265 Å². The van der Waals surface area contributed by atoms with Gasteiger partial charge in [-0.2, -0.15) is 0 Å². The highest BCUT2D eigenvalue weighted by Crippen LogP contribution is 2.39. The summed E-state index contributed by atoms with van der Waals surface area (Å²) in [6, 6.07) is 12.9. The van der Waals surface area contributed by atoms with E-state index in [0.29, 0.717) is 43.2 Å². The van der Waals surface area contributed by atoms with Crippen LogP contribution in [0.3, 0.4) is 0 Å². The van der Waals surface area contributed by atoms with Crippen LogP contribution in [0.25, 0.3) is 32.6 Å². The number of ether oxygens (including phenoxy) is 2. The molecule has 1 saturated heterocycles. The van der Waals surface area contributed by atoms with E-state index in [9.17, 15) is 14.0 Å². The summed E-state index contributed by atoms with van der Waals surface area (Å²) in [4.78, 5) is 26.1. The van der Waals surface area contributed by atoms with Gasteiger partial charge in [-0.1, -0.05) is 18.7 Å². The smallest absolute Gasteiger partial charge is 0.245 e. The van der Waals surface area contributed by atoms with Crippen molar-refractivity contribution < 1.29 is 23.5 Å². The zero-order valence-corrected chi connectivity index (χ0v) is 25.8. The summed E-state index contributed by atoms with van der Waals surface area (Å²) >= 11 is 1.57. The molecule has 0 saturated carbocycles. The van der Waals surface area contributed by atoms with Crippen molar-refractivity contribution in [3.8, 4) is 28.3 Å². The zero-order chi connectivity index (χ0) is 31.2. The number of likely N-dealkylation sites (tertiary alicyclic amines) is 1. The number of halogens is 1. The number of piperidine rings is 1. The van der Waals surface area contributed by atoms with E-state index in [0.717, 1.165) is 53.7 Å². The van der Waals surface area contributed by atoms with E-state index in [1.807, 2.05) is 5.38 Å². The van der Waals surface area contributed by atoms with E-state index in [1.54, 1.807) is 22.3 Å². The second-order valence-electron chi connectivity index (χ2n) is 11.2. The average Bonchev–Trinajstić information content (AvgIpc) is 3.57. The number of rotatable bonds is 11. The summed E-state index contributed by atoms with van der Waals surface area (Å²) in [6.07, 6.45) is 3.79. The molecule has 45 heavy (non-hydrogen) atoms. The van der Waals surface area contributed by atoms with Crippen LogP contribution in [0.15, 0.2) is 60.5 Å². The van der Waals surface area contributed by atoms with Crippen LogP contribution in [0, 0.1) is 11.7 Å². The molecule has 2 aromatic heterocycles. The summed E-state index contributed by atoms with van der Waals surface area (Å²) in [5, 5.41) is 18.6. The van der Waals surface area contributed by atoms with Gasteiger partial charge in [0.2, 0.25) is 11.8 Å². The van der Waals surface area contributed by atoms with E-state index in [4.69, 9.17) is 9.47 Å². The molecule has 1 fully saturated rings. The van der Waals surface area contributed by atoms with Gasteiger partial charge in [-0.25, -0.2) is 4.39 Å². The molecule has 4 heterocycles. The molecule has 1 atom stereocenters. The van der Waals surface area contributed by atoms with Crippen LogP contribution >= 0.6 is 11.3 Å². The lowest BCUT2D eigenvalue weighted by molar-refractivity contribution is -0.132. The third kappa shape index (κ3) is 7.06. The molecule has 0 bridgehead atoms. The van der Waals surface area contributed by atoms with Crippen LogP contribution < -0.4 is 15.4 Å². The second kappa shape index (κ2) is 14.3. The van der Waals surface area contributed by atoms with E-state index >= 15 is 0 Å². The predicted molar refractivity (Wildman–Crippen MR) is 172 cm³/mol. The molecule has 11 heteroatoms. The van der Waals surface area contributed by atoms with Crippen molar-refractivity contribution in [2.24, 2.45) is 5.92 Å². The quantitative estimate of drug-likeness (QED) is 0.182. The first-order valence-corrected chi connectivity index (χ1v) is 16.2. The first-order chi connectivity index (χ1) is 22.0. The molecule has 0 spiro atoms.